The molecule has 1 rings (SSSR count). The van der Waals surface area contributed by atoms with Gasteiger partial charge in [-0.15, -0.1) is 0 Å². The Labute approximate surface area is 93.7 Å². The van der Waals surface area contributed by atoms with Crippen LogP contribution in [0.4, 0.5) is 18.9 Å². The van der Waals surface area contributed by atoms with E-state index in [-0.39, 0.29) is 0 Å². The highest BCUT2D eigenvalue weighted by Crippen LogP contribution is 2.24. The minimum atomic E-state index is -4.12. The average molecular weight is 231 g/mol. The summed E-state index contributed by atoms with van der Waals surface area (Å²) in [5.41, 5.74) is 2.84. The van der Waals surface area contributed by atoms with Gasteiger partial charge in [-0.3, -0.25) is 0 Å². The molecule has 0 bridgehead atoms. The van der Waals surface area contributed by atoms with Gasteiger partial charge < -0.3 is 5.32 Å². The minimum absolute atomic E-state index is 0.610. The summed E-state index contributed by atoms with van der Waals surface area (Å²) in [5, 5.41) is 2.87. The molecule has 1 atom stereocenters. The van der Waals surface area contributed by atoms with Crippen LogP contribution >= 0.6 is 0 Å². The summed E-state index contributed by atoms with van der Waals surface area (Å²) in [5.74, 6) is 0. The van der Waals surface area contributed by atoms with E-state index in [0.29, 0.717) is 0 Å². The Hall–Kier alpha value is -1.19. The zero-order valence-electron chi connectivity index (χ0n) is 9.65. The summed E-state index contributed by atoms with van der Waals surface area (Å²) < 4.78 is 36.4. The van der Waals surface area contributed by atoms with Crippen LogP contribution in [0.15, 0.2) is 18.2 Å². The van der Waals surface area contributed by atoms with E-state index in [4.69, 9.17) is 0 Å². The maximum atomic E-state index is 12.1. The Kier molecular flexibility index (Phi) is 3.83. The van der Waals surface area contributed by atoms with E-state index < -0.39 is 18.6 Å². The Balaban J connectivity index is 2.66. The molecule has 0 aliphatic heterocycles. The second-order valence-electron chi connectivity index (χ2n) is 4.18. The van der Waals surface area contributed by atoms with E-state index in [2.05, 4.69) is 5.32 Å². The molecular weight excluding hydrogens is 215 g/mol. The number of alkyl halides is 3. The van der Waals surface area contributed by atoms with E-state index in [1.54, 1.807) is 0 Å². The highest BCUT2D eigenvalue weighted by Gasteiger charge is 2.29. The lowest BCUT2D eigenvalue weighted by Crippen LogP contribution is -2.24. The minimum Gasteiger partial charge on any atom is -0.382 e. The highest BCUT2D eigenvalue weighted by atomic mass is 19.4. The van der Waals surface area contributed by atoms with Crippen LogP contribution in [0.5, 0.6) is 0 Å². The van der Waals surface area contributed by atoms with E-state index in [1.807, 2.05) is 32.0 Å². The first kappa shape index (κ1) is 12.9. The predicted molar refractivity (Wildman–Crippen MR) is 59.7 cm³/mol. The normalized spacial score (nSPS) is 13.6. The molecule has 0 spiro atoms. The van der Waals surface area contributed by atoms with Gasteiger partial charge in [0.2, 0.25) is 0 Å². The zero-order valence-corrected chi connectivity index (χ0v) is 9.65. The molecular formula is C12H16F3N. The first-order valence-corrected chi connectivity index (χ1v) is 5.18. The van der Waals surface area contributed by atoms with E-state index in [9.17, 15) is 13.2 Å². The van der Waals surface area contributed by atoms with Gasteiger partial charge in [-0.2, -0.15) is 13.2 Å². The maximum Gasteiger partial charge on any atom is 0.391 e. The van der Waals surface area contributed by atoms with Gasteiger partial charge in [-0.05, 0) is 32.4 Å². The average Bonchev–Trinajstić information content (AvgIpc) is 2.06. The van der Waals surface area contributed by atoms with Gasteiger partial charge >= 0.3 is 6.18 Å². The zero-order chi connectivity index (χ0) is 12.3. The summed E-state index contributed by atoms with van der Waals surface area (Å²) >= 11 is 0. The third-order valence-corrected chi connectivity index (χ3v) is 2.32. The third kappa shape index (κ3) is 4.13. The second-order valence-corrected chi connectivity index (χ2v) is 4.18. The number of benzene rings is 1. The number of hydrogen-bond acceptors (Lipinski definition) is 1. The topological polar surface area (TPSA) is 12.0 Å². The quantitative estimate of drug-likeness (QED) is 0.827. The van der Waals surface area contributed by atoms with Crippen molar-refractivity contribution < 1.29 is 13.2 Å². The van der Waals surface area contributed by atoms with Gasteiger partial charge in [-0.25, -0.2) is 0 Å². The fourth-order valence-electron chi connectivity index (χ4n) is 1.64. The van der Waals surface area contributed by atoms with E-state index >= 15 is 0 Å². The SMILES string of the molecule is Cc1ccc(NC(C)CC(F)(F)F)c(C)c1. The van der Waals surface area contributed by atoms with Crippen LogP contribution in [0.1, 0.15) is 24.5 Å². The van der Waals surface area contributed by atoms with Crippen LogP contribution in [-0.4, -0.2) is 12.2 Å². The Morgan fingerprint density at radius 2 is 1.88 bits per heavy atom. The Morgan fingerprint density at radius 3 is 2.38 bits per heavy atom. The van der Waals surface area contributed by atoms with E-state index in [0.717, 1.165) is 16.8 Å². The molecule has 90 valence electrons. The summed E-state index contributed by atoms with van der Waals surface area (Å²) in [4.78, 5) is 0. The Bertz CT molecular complexity index is 358. The summed E-state index contributed by atoms with van der Waals surface area (Å²) in [6.07, 6.45) is -4.94. The smallest absolute Gasteiger partial charge is 0.382 e. The van der Waals surface area contributed by atoms with Crippen molar-refractivity contribution in [2.24, 2.45) is 0 Å². The third-order valence-electron chi connectivity index (χ3n) is 2.32. The van der Waals surface area contributed by atoms with Gasteiger partial charge in [0.1, 0.15) is 0 Å². The molecule has 1 N–H and O–H groups in total. The van der Waals surface area contributed by atoms with Crippen LogP contribution in [0.3, 0.4) is 0 Å². The van der Waals surface area contributed by atoms with Crippen molar-refractivity contribution in [1.29, 1.82) is 0 Å². The van der Waals surface area contributed by atoms with Gasteiger partial charge in [0.15, 0.2) is 0 Å². The molecule has 0 radical (unpaired) electrons. The van der Waals surface area contributed by atoms with Crippen LogP contribution in [-0.2, 0) is 0 Å². The van der Waals surface area contributed by atoms with Crippen molar-refractivity contribution in [2.75, 3.05) is 5.32 Å². The van der Waals surface area contributed by atoms with Gasteiger partial charge in [0.05, 0.1) is 6.42 Å². The van der Waals surface area contributed by atoms with Crippen molar-refractivity contribution in [3.63, 3.8) is 0 Å². The van der Waals surface area contributed by atoms with Crippen molar-refractivity contribution in [3.05, 3.63) is 29.3 Å². The second kappa shape index (κ2) is 4.76. The van der Waals surface area contributed by atoms with Crippen molar-refractivity contribution in [1.82, 2.24) is 0 Å². The molecule has 0 saturated heterocycles. The fourth-order valence-corrected chi connectivity index (χ4v) is 1.64. The van der Waals surface area contributed by atoms with Gasteiger partial charge in [0, 0.05) is 11.7 Å². The fraction of sp³-hybridized carbons (Fsp3) is 0.500. The first-order valence-electron chi connectivity index (χ1n) is 5.18. The standard InChI is InChI=1S/C12H16F3N/c1-8-4-5-11(9(2)6-8)16-10(3)7-12(13,14)15/h4-6,10,16H,7H2,1-3H3. The van der Waals surface area contributed by atoms with Crippen LogP contribution < -0.4 is 5.32 Å². The molecule has 0 heterocycles. The van der Waals surface area contributed by atoms with Crippen LogP contribution in [0, 0.1) is 13.8 Å². The van der Waals surface area contributed by atoms with Crippen LogP contribution in [0.2, 0.25) is 0 Å². The molecule has 1 unspecified atom stereocenters. The van der Waals surface area contributed by atoms with Crippen molar-refractivity contribution >= 4 is 5.69 Å². The number of hydrogen-bond donors (Lipinski definition) is 1. The lowest BCUT2D eigenvalue weighted by atomic mass is 10.1. The predicted octanol–water partition coefficient (Wildman–Crippen LogP) is 4.06. The number of anilines is 1. The molecule has 0 aromatic heterocycles. The van der Waals surface area contributed by atoms with Gasteiger partial charge in [-0.1, -0.05) is 17.7 Å². The van der Waals surface area contributed by atoms with E-state index in [1.165, 1.54) is 6.92 Å². The Morgan fingerprint density at radius 1 is 1.25 bits per heavy atom. The van der Waals surface area contributed by atoms with Crippen molar-refractivity contribution in [3.8, 4) is 0 Å². The number of rotatable bonds is 3. The molecule has 1 aromatic rings. The molecule has 1 nitrogen and oxygen atoms in total. The summed E-state index contributed by atoms with van der Waals surface area (Å²) in [6.45, 7) is 5.37. The van der Waals surface area contributed by atoms with Gasteiger partial charge in [0.25, 0.3) is 0 Å². The number of aryl methyl sites for hydroxylation is 2. The molecule has 0 fully saturated rings. The largest absolute Gasteiger partial charge is 0.391 e. The molecule has 0 aliphatic carbocycles. The summed E-state index contributed by atoms with van der Waals surface area (Å²) in [6, 6.07) is 5.04. The lowest BCUT2D eigenvalue weighted by molar-refractivity contribution is -0.136. The molecule has 0 amide bonds. The highest BCUT2D eigenvalue weighted by molar-refractivity contribution is 5.52. The molecule has 16 heavy (non-hydrogen) atoms. The molecule has 4 heteroatoms. The maximum absolute atomic E-state index is 12.1. The lowest BCUT2D eigenvalue weighted by Gasteiger charge is -2.18. The summed E-state index contributed by atoms with van der Waals surface area (Å²) in [7, 11) is 0. The first-order chi connectivity index (χ1) is 7.28. The number of halogens is 3. The number of nitrogens with one attached hydrogen (secondary N) is 1. The molecule has 0 saturated carbocycles. The monoisotopic (exact) mass is 231 g/mol. The molecule has 1 aromatic carbocycles. The van der Waals surface area contributed by atoms with Crippen LogP contribution in [0.25, 0.3) is 0 Å². The van der Waals surface area contributed by atoms with Crippen molar-refractivity contribution in [2.45, 2.75) is 39.4 Å². The molecule has 0 aliphatic rings.